The van der Waals surface area contributed by atoms with Gasteiger partial charge in [-0.05, 0) is 30.6 Å². The molecule has 1 aliphatic carbocycles. The molecule has 0 N–H and O–H groups in total. The molecule has 2 fully saturated rings. The second-order valence-electron chi connectivity index (χ2n) is 4.48. The van der Waals surface area contributed by atoms with E-state index < -0.39 is 0 Å². The van der Waals surface area contributed by atoms with E-state index in [1.54, 1.807) is 6.92 Å². The molecular weight excluding hydrogens is 150 g/mol. The first-order chi connectivity index (χ1) is 5.64. The summed E-state index contributed by atoms with van der Waals surface area (Å²) in [5.74, 6) is 0.979. The van der Waals surface area contributed by atoms with Gasteiger partial charge in [0.05, 0.1) is 0 Å². The lowest BCUT2D eigenvalue weighted by atomic mass is 9.84. The molecule has 1 amide bonds. The van der Waals surface area contributed by atoms with E-state index in [9.17, 15) is 4.79 Å². The molecule has 0 unspecified atom stereocenters. The minimum Gasteiger partial charge on any atom is -0.343 e. The molecule has 1 spiro atoms. The quantitative estimate of drug-likeness (QED) is 0.537. The molecule has 1 atom stereocenters. The Bertz CT molecular complexity index is 208. The molecule has 1 aliphatic heterocycles. The van der Waals surface area contributed by atoms with Crippen molar-refractivity contribution in [2.45, 2.75) is 33.1 Å². The van der Waals surface area contributed by atoms with Crippen molar-refractivity contribution < 1.29 is 4.79 Å². The van der Waals surface area contributed by atoms with Gasteiger partial charge in [-0.2, -0.15) is 0 Å². The third kappa shape index (κ3) is 1.13. The molecule has 2 nitrogen and oxygen atoms in total. The number of carbonyl (C=O) groups excluding carboxylic acids is 1. The van der Waals surface area contributed by atoms with Crippen LogP contribution in [0.15, 0.2) is 0 Å². The smallest absolute Gasteiger partial charge is 0.219 e. The van der Waals surface area contributed by atoms with Crippen molar-refractivity contribution in [2.24, 2.45) is 11.3 Å². The van der Waals surface area contributed by atoms with Gasteiger partial charge in [0.1, 0.15) is 0 Å². The third-order valence-electron chi connectivity index (χ3n) is 3.76. The van der Waals surface area contributed by atoms with Gasteiger partial charge < -0.3 is 4.90 Å². The zero-order chi connectivity index (χ0) is 8.77. The van der Waals surface area contributed by atoms with E-state index >= 15 is 0 Å². The Kier molecular flexibility index (Phi) is 1.67. The van der Waals surface area contributed by atoms with Crippen LogP contribution < -0.4 is 0 Å². The van der Waals surface area contributed by atoms with Crippen LogP contribution in [-0.4, -0.2) is 23.9 Å². The van der Waals surface area contributed by atoms with Gasteiger partial charge in [0.25, 0.3) is 0 Å². The van der Waals surface area contributed by atoms with Crippen LogP contribution in [0.25, 0.3) is 0 Å². The van der Waals surface area contributed by atoms with Crippen molar-refractivity contribution in [1.82, 2.24) is 4.90 Å². The van der Waals surface area contributed by atoms with Crippen molar-refractivity contribution in [3.8, 4) is 0 Å². The molecule has 1 saturated carbocycles. The van der Waals surface area contributed by atoms with Crippen molar-refractivity contribution in [2.75, 3.05) is 13.1 Å². The maximum Gasteiger partial charge on any atom is 0.219 e. The highest BCUT2D eigenvalue weighted by atomic mass is 16.2. The van der Waals surface area contributed by atoms with Crippen molar-refractivity contribution >= 4 is 5.91 Å². The van der Waals surface area contributed by atoms with Gasteiger partial charge in [-0.1, -0.05) is 6.92 Å². The second kappa shape index (κ2) is 2.48. The Balaban J connectivity index is 1.99. The summed E-state index contributed by atoms with van der Waals surface area (Å²) in [6.07, 6.45) is 4.05. The van der Waals surface area contributed by atoms with Gasteiger partial charge in [0.2, 0.25) is 5.91 Å². The van der Waals surface area contributed by atoms with E-state index in [4.69, 9.17) is 0 Å². The van der Waals surface area contributed by atoms with Crippen molar-refractivity contribution in [1.29, 1.82) is 0 Å². The summed E-state index contributed by atoms with van der Waals surface area (Å²) >= 11 is 0. The minimum absolute atomic E-state index is 0.248. The Morgan fingerprint density at radius 2 is 2.08 bits per heavy atom. The van der Waals surface area contributed by atoms with Crippen LogP contribution in [-0.2, 0) is 4.79 Å². The predicted molar refractivity (Wildman–Crippen MR) is 47.7 cm³/mol. The molecule has 1 heterocycles. The van der Waals surface area contributed by atoms with Crippen LogP contribution in [0.5, 0.6) is 0 Å². The standard InChI is InChI=1S/C10H17NO/c1-8-7-11(9(2)12)6-5-10(8)3-4-10/h8H,3-7H2,1-2H3/t8-/m0/s1. The summed E-state index contributed by atoms with van der Waals surface area (Å²) in [6, 6.07) is 0. The summed E-state index contributed by atoms with van der Waals surface area (Å²) in [6.45, 7) is 5.97. The van der Waals surface area contributed by atoms with Gasteiger partial charge in [-0.3, -0.25) is 4.79 Å². The summed E-state index contributed by atoms with van der Waals surface area (Å²) in [5.41, 5.74) is 0.659. The van der Waals surface area contributed by atoms with Crippen LogP contribution in [0.3, 0.4) is 0 Å². The number of nitrogens with zero attached hydrogens (tertiary/aromatic N) is 1. The minimum atomic E-state index is 0.248. The number of carbonyl (C=O) groups is 1. The normalized spacial score (nSPS) is 32.2. The van der Waals surface area contributed by atoms with Gasteiger partial charge in [0, 0.05) is 20.0 Å². The molecule has 0 radical (unpaired) electrons. The average molecular weight is 167 g/mol. The van der Waals surface area contributed by atoms with E-state index in [0.717, 1.165) is 19.0 Å². The highest BCUT2D eigenvalue weighted by Crippen LogP contribution is 2.56. The van der Waals surface area contributed by atoms with Crippen LogP contribution in [0, 0.1) is 11.3 Å². The Morgan fingerprint density at radius 1 is 1.42 bits per heavy atom. The van der Waals surface area contributed by atoms with Crippen LogP contribution in [0.4, 0.5) is 0 Å². The molecule has 0 aromatic carbocycles. The number of amides is 1. The maximum atomic E-state index is 11.1. The van der Waals surface area contributed by atoms with E-state index in [0.29, 0.717) is 5.41 Å². The fourth-order valence-electron chi connectivity index (χ4n) is 2.41. The largest absolute Gasteiger partial charge is 0.343 e. The third-order valence-corrected chi connectivity index (χ3v) is 3.76. The molecule has 2 rings (SSSR count). The number of hydrogen-bond donors (Lipinski definition) is 0. The Morgan fingerprint density at radius 3 is 2.50 bits per heavy atom. The molecule has 1 saturated heterocycles. The first kappa shape index (κ1) is 8.09. The summed E-state index contributed by atoms with van der Waals surface area (Å²) in [5, 5.41) is 0. The molecule has 2 aliphatic rings. The first-order valence-corrected chi connectivity index (χ1v) is 4.90. The Labute approximate surface area is 73.9 Å². The number of likely N-dealkylation sites (tertiary alicyclic amines) is 1. The number of rotatable bonds is 0. The zero-order valence-corrected chi connectivity index (χ0v) is 7.97. The first-order valence-electron chi connectivity index (χ1n) is 4.90. The van der Waals surface area contributed by atoms with Crippen LogP contribution in [0.1, 0.15) is 33.1 Å². The SMILES string of the molecule is CC(=O)N1CCC2(CC2)[C@@H](C)C1. The van der Waals surface area contributed by atoms with Gasteiger partial charge in [0.15, 0.2) is 0 Å². The highest BCUT2D eigenvalue weighted by Gasteiger charge is 2.49. The van der Waals surface area contributed by atoms with E-state index in [1.165, 1.54) is 19.3 Å². The second-order valence-corrected chi connectivity index (χ2v) is 4.48. The summed E-state index contributed by atoms with van der Waals surface area (Å²) in [4.78, 5) is 13.1. The topological polar surface area (TPSA) is 20.3 Å². The number of piperidine rings is 1. The van der Waals surface area contributed by atoms with Crippen molar-refractivity contribution in [3.63, 3.8) is 0 Å². The molecule has 12 heavy (non-hydrogen) atoms. The average Bonchev–Trinajstić information content (AvgIpc) is 2.76. The van der Waals surface area contributed by atoms with Crippen molar-refractivity contribution in [3.05, 3.63) is 0 Å². The molecule has 0 aromatic heterocycles. The zero-order valence-electron chi connectivity index (χ0n) is 7.97. The molecular formula is C10H17NO. The predicted octanol–water partition coefficient (Wildman–Crippen LogP) is 1.65. The van der Waals surface area contributed by atoms with E-state index in [-0.39, 0.29) is 5.91 Å². The van der Waals surface area contributed by atoms with Gasteiger partial charge >= 0.3 is 0 Å². The lowest BCUT2D eigenvalue weighted by Gasteiger charge is -2.36. The number of hydrogen-bond acceptors (Lipinski definition) is 1. The molecule has 0 bridgehead atoms. The molecule has 2 heteroatoms. The fraction of sp³-hybridized carbons (Fsp3) is 0.900. The van der Waals surface area contributed by atoms with Crippen LogP contribution in [0.2, 0.25) is 0 Å². The van der Waals surface area contributed by atoms with Gasteiger partial charge in [-0.25, -0.2) is 0 Å². The van der Waals surface area contributed by atoms with Gasteiger partial charge in [-0.15, -0.1) is 0 Å². The van der Waals surface area contributed by atoms with E-state index in [1.807, 2.05) is 4.90 Å². The monoisotopic (exact) mass is 167 g/mol. The molecule has 68 valence electrons. The summed E-state index contributed by atoms with van der Waals surface area (Å²) < 4.78 is 0. The summed E-state index contributed by atoms with van der Waals surface area (Å²) in [7, 11) is 0. The van der Waals surface area contributed by atoms with Crippen LogP contribution >= 0.6 is 0 Å². The lowest BCUT2D eigenvalue weighted by Crippen LogP contribution is -2.42. The van der Waals surface area contributed by atoms with E-state index in [2.05, 4.69) is 6.92 Å². The highest BCUT2D eigenvalue weighted by molar-refractivity contribution is 5.73. The Hall–Kier alpha value is -0.530. The lowest BCUT2D eigenvalue weighted by molar-refractivity contribution is -0.131. The fourth-order valence-corrected chi connectivity index (χ4v) is 2.41. The maximum absolute atomic E-state index is 11.1. The molecule has 0 aromatic rings.